The van der Waals surface area contributed by atoms with Gasteiger partial charge in [-0.05, 0) is 31.2 Å². The van der Waals surface area contributed by atoms with Crippen LogP contribution < -0.4 is 0 Å². The molecule has 0 fully saturated rings. The second-order valence-corrected chi connectivity index (χ2v) is 4.55. The summed E-state index contributed by atoms with van der Waals surface area (Å²) in [7, 11) is 0. The molecule has 0 aliphatic carbocycles. The maximum atomic E-state index is 13.3. The number of nitrogens with zero attached hydrogens (tertiary/aromatic N) is 3. The second kappa shape index (κ2) is 5.36. The molecule has 3 rings (SSSR count). The third-order valence-electron chi connectivity index (χ3n) is 2.91. The summed E-state index contributed by atoms with van der Waals surface area (Å²) in [5.74, 6) is 0.488. The smallest absolute Gasteiger partial charge is 0.163 e. The van der Waals surface area contributed by atoms with Crippen LogP contribution in [0.3, 0.4) is 0 Å². The molecule has 0 aliphatic heterocycles. The summed E-state index contributed by atoms with van der Waals surface area (Å²) in [6, 6.07) is 12.0. The van der Waals surface area contributed by atoms with Crippen LogP contribution in [0.2, 0.25) is 0 Å². The topological polar surface area (TPSA) is 38.7 Å². The Kier molecular flexibility index (Phi) is 3.39. The first-order valence-corrected chi connectivity index (χ1v) is 6.36. The average Bonchev–Trinajstić information content (AvgIpc) is 2.46. The Balaban J connectivity index is 2.12. The van der Waals surface area contributed by atoms with E-state index in [0.717, 1.165) is 0 Å². The zero-order valence-electron chi connectivity index (χ0n) is 11.2. The molecule has 5 heteroatoms. The Morgan fingerprint density at radius 1 is 0.714 bits per heavy atom. The summed E-state index contributed by atoms with van der Waals surface area (Å²) >= 11 is 0. The maximum absolute atomic E-state index is 13.3. The Bertz CT molecular complexity index is 739. The third kappa shape index (κ3) is 2.91. The van der Waals surface area contributed by atoms with Crippen LogP contribution in [0.4, 0.5) is 8.78 Å². The van der Waals surface area contributed by atoms with Gasteiger partial charge in [0.15, 0.2) is 11.6 Å². The zero-order valence-corrected chi connectivity index (χ0v) is 11.2. The predicted octanol–water partition coefficient (Wildman–Crippen LogP) is 3.79. The number of aryl methyl sites for hydroxylation is 1. The second-order valence-electron chi connectivity index (χ2n) is 4.55. The van der Waals surface area contributed by atoms with Gasteiger partial charge < -0.3 is 0 Å². The fourth-order valence-electron chi connectivity index (χ4n) is 2.00. The summed E-state index contributed by atoms with van der Waals surface area (Å²) in [6.07, 6.45) is 0. The number of benzene rings is 2. The number of halogens is 2. The minimum absolute atomic E-state index is 0.362. The monoisotopic (exact) mass is 283 g/mol. The molecule has 3 nitrogen and oxygen atoms in total. The van der Waals surface area contributed by atoms with Gasteiger partial charge in [0, 0.05) is 11.1 Å². The third-order valence-corrected chi connectivity index (χ3v) is 2.91. The van der Waals surface area contributed by atoms with Gasteiger partial charge in [-0.2, -0.15) is 0 Å². The number of hydrogen-bond acceptors (Lipinski definition) is 3. The van der Waals surface area contributed by atoms with Gasteiger partial charge in [0.2, 0.25) is 0 Å². The largest absolute Gasteiger partial charge is 0.213 e. The van der Waals surface area contributed by atoms with Crippen LogP contribution in [-0.4, -0.2) is 15.0 Å². The molecular weight excluding hydrogens is 272 g/mol. The van der Waals surface area contributed by atoms with Crippen molar-refractivity contribution in [2.45, 2.75) is 6.92 Å². The van der Waals surface area contributed by atoms with Gasteiger partial charge >= 0.3 is 0 Å². The highest BCUT2D eigenvalue weighted by Crippen LogP contribution is 2.21. The first-order chi connectivity index (χ1) is 10.1. The van der Waals surface area contributed by atoms with Crippen LogP contribution in [-0.2, 0) is 0 Å². The molecule has 0 saturated carbocycles. The van der Waals surface area contributed by atoms with Crippen molar-refractivity contribution in [2.75, 3.05) is 0 Å². The van der Waals surface area contributed by atoms with Crippen molar-refractivity contribution in [3.63, 3.8) is 0 Å². The SMILES string of the molecule is Cc1nc(-c2cccc(F)c2)nc(-c2cccc(F)c2)n1. The van der Waals surface area contributed by atoms with Gasteiger partial charge in [-0.25, -0.2) is 23.7 Å². The molecule has 1 heterocycles. The lowest BCUT2D eigenvalue weighted by molar-refractivity contribution is 0.628. The first-order valence-electron chi connectivity index (χ1n) is 6.36. The van der Waals surface area contributed by atoms with Crippen molar-refractivity contribution >= 4 is 0 Å². The Labute approximate surface area is 120 Å². The van der Waals surface area contributed by atoms with Crippen LogP contribution in [0.15, 0.2) is 48.5 Å². The van der Waals surface area contributed by atoms with Crippen molar-refractivity contribution in [3.05, 3.63) is 66.0 Å². The van der Waals surface area contributed by atoms with Gasteiger partial charge in [0.1, 0.15) is 17.5 Å². The molecule has 0 spiro atoms. The quantitative estimate of drug-likeness (QED) is 0.718. The highest BCUT2D eigenvalue weighted by atomic mass is 19.1. The molecule has 0 aliphatic rings. The Morgan fingerprint density at radius 2 is 1.19 bits per heavy atom. The highest BCUT2D eigenvalue weighted by molar-refractivity contribution is 5.60. The van der Waals surface area contributed by atoms with Gasteiger partial charge in [0.25, 0.3) is 0 Å². The lowest BCUT2D eigenvalue weighted by Crippen LogP contribution is -1.99. The predicted molar refractivity (Wildman–Crippen MR) is 75.4 cm³/mol. The fourth-order valence-corrected chi connectivity index (χ4v) is 2.00. The van der Waals surface area contributed by atoms with Crippen molar-refractivity contribution < 1.29 is 8.78 Å². The lowest BCUT2D eigenvalue weighted by atomic mass is 10.2. The van der Waals surface area contributed by atoms with Crippen LogP contribution >= 0.6 is 0 Å². The lowest BCUT2D eigenvalue weighted by Gasteiger charge is -2.05. The Morgan fingerprint density at radius 3 is 1.62 bits per heavy atom. The summed E-state index contributed by atoms with van der Waals surface area (Å²) in [5, 5.41) is 0. The molecule has 0 saturated heterocycles. The van der Waals surface area contributed by atoms with Crippen LogP contribution in [0, 0.1) is 18.6 Å². The minimum atomic E-state index is -0.363. The molecule has 0 amide bonds. The molecule has 3 aromatic rings. The molecule has 21 heavy (non-hydrogen) atoms. The zero-order chi connectivity index (χ0) is 14.8. The first kappa shape index (κ1) is 13.3. The van der Waals surface area contributed by atoms with Crippen molar-refractivity contribution in [2.24, 2.45) is 0 Å². The van der Waals surface area contributed by atoms with E-state index >= 15 is 0 Å². The van der Waals surface area contributed by atoms with Crippen molar-refractivity contribution in [1.82, 2.24) is 15.0 Å². The fraction of sp³-hybridized carbons (Fsp3) is 0.0625. The van der Waals surface area contributed by atoms with E-state index in [1.54, 1.807) is 31.2 Å². The van der Waals surface area contributed by atoms with Crippen molar-refractivity contribution in [1.29, 1.82) is 0 Å². The summed E-state index contributed by atoms with van der Waals surface area (Å²) in [5.41, 5.74) is 1.11. The number of hydrogen-bond donors (Lipinski definition) is 0. The summed E-state index contributed by atoms with van der Waals surface area (Å²) in [6.45, 7) is 1.72. The molecule has 0 N–H and O–H groups in total. The van der Waals surface area contributed by atoms with Gasteiger partial charge in [0.05, 0.1) is 0 Å². The Hall–Kier alpha value is -2.69. The maximum Gasteiger partial charge on any atom is 0.163 e. The average molecular weight is 283 g/mol. The molecule has 104 valence electrons. The molecule has 0 bridgehead atoms. The van der Waals surface area contributed by atoms with Crippen LogP contribution in [0.25, 0.3) is 22.8 Å². The van der Waals surface area contributed by atoms with Crippen LogP contribution in [0.1, 0.15) is 5.82 Å². The molecule has 0 atom stereocenters. The van der Waals surface area contributed by atoms with E-state index in [-0.39, 0.29) is 11.6 Å². The minimum Gasteiger partial charge on any atom is -0.213 e. The van der Waals surface area contributed by atoms with Gasteiger partial charge in [-0.1, -0.05) is 24.3 Å². The summed E-state index contributed by atoms with van der Waals surface area (Å²) < 4.78 is 26.6. The molecule has 2 aromatic carbocycles. The van der Waals surface area contributed by atoms with E-state index in [1.807, 2.05) is 0 Å². The molecule has 0 radical (unpaired) electrons. The van der Waals surface area contributed by atoms with E-state index in [0.29, 0.717) is 28.6 Å². The van der Waals surface area contributed by atoms with E-state index in [9.17, 15) is 8.78 Å². The normalized spacial score (nSPS) is 10.6. The molecule has 1 aromatic heterocycles. The van der Waals surface area contributed by atoms with E-state index < -0.39 is 0 Å². The standard InChI is InChI=1S/C16H11F2N3/c1-10-19-15(11-4-2-6-13(17)8-11)21-16(20-10)12-5-3-7-14(18)9-12/h2-9H,1H3. The number of rotatable bonds is 2. The molecule has 0 unspecified atom stereocenters. The van der Waals surface area contributed by atoms with Crippen LogP contribution in [0.5, 0.6) is 0 Å². The molecular formula is C16H11F2N3. The van der Waals surface area contributed by atoms with Crippen molar-refractivity contribution in [3.8, 4) is 22.8 Å². The van der Waals surface area contributed by atoms with E-state index in [1.165, 1.54) is 24.3 Å². The van der Waals surface area contributed by atoms with Gasteiger partial charge in [-0.3, -0.25) is 0 Å². The number of aromatic nitrogens is 3. The highest BCUT2D eigenvalue weighted by Gasteiger charge is 2.09. The van der Waals surface area contributed by atoms with E-state index in [2.05, 4.69) is 15.0 Å². The van der Waals surface area contributed by atoms with E-state index in [4.69, 9.17) is 0 Å². The van der Waals surface area contributed by atoms with Gasteiger partial charge in [-0.15, -0.1) is 0 Å². The summed E-state index contributed by atoms with van der Waals surface area (Å²) in [4.78, 5) is 12.7.